The van der Waals surface area contributed by atoms with E-state index in [0.717, 1.165) is 12.0 Å². The van der Waals surface area contributed by atoms with Crippen LogP contribution in [0.1, 0.15) is 37.5 Å². The molecule has 0 unspecified atom stereocenters. The van der Waals surface area contributed by atoms with Crippen LogP contribution in [0, 0.1) is 6.92 Å². The number of amides is 1. The number of carbonyl (C=O) groups is 2. The van der Waals surface area contributed by atoms with E-state index in [2.05, 4.69) is 17.2 Å². The normalized spacial score (nSPS) is 10.6. The van der Waals surface area contributed by atoms with Gasteiger partial charge in [0, 0.05) is 24.2 Å². The number of carboxylic acid groups (broad SMARTS) is 1. The first-order chi connectivity index (χ1) is 10.0. The molecule has 1 amide bonds. The summed E-state index contributed by atoms with van der Waals surface area (Å²) in [5.41, 5.74) is 1.15. The maximum Gasteiger partial charge on any atom is 0.356 e. The van der Waals surface area contributed by atoms with Gasteiger partial charge < -0.3 is 15.0 Å². The Morgan fingerprint density at radius 2 is 2.24 bits per heavy atom. The highest BCUT2D eigenvalue weighted by Gasteiger charge is 2.11. The van der Waals surface area contributed by atoms with Gasteiger partial charge in [0.05, 0.1) is 11.2 Å². The van der Waals surface area contributed by atoms with Crippen molar-refractivity contribution in [2.45, 2.75) is 26.8 Å². The Morgan fingerprint density at radius 1 is 1.48 bits per heavy atom. The Bertz CT molecular complexity index is 660. The highest BCUT2D eigenvalue weighted by molar-refractivity contribution is 7.14. The van der Waals surface area contributed by atoms with Crippen LogP contribution in [0.25, 0.3) is 0 Å². The Labute approximate surface area is 126 Å². The van der Waals surface area contributed by atoms with Gasteiger partial charge in [-0.1, -0.05) is 6.92 Å². The number of rotatable bonds is 6. The number of aromatic nitrogens is 2. The fourth-order valence-electron chi connectivity index (χ4n) is 1.96. The molecule has 2 N–H and O–H groups in total. The second-order valence-corrected chi connectivity index (χ2v) is 5.76. The number of hydrogen-bond acceptors (Lipinski definition) is 4. The molecule has 0 atom stereocenters. The molecule has 21 heavy (non-hydrogen) atoms. The van der Waals surface area contributed by atoms with E-state index >= 15 is 0 Å². The standard InChI is InChI=1S/C14H17N3O3S/c1-3-11-9(2)6-12(21-11)13(18)15-4-5-17-7-10(14(19)20)16-8-17/h6-8H,3-5H2,1-2H3,(H,15,18)(H,19,20). The zero-order chi connectivity index (χ0) is 15.4. The molecule has 0 aromatic carbocycles. The van der Waals surface area contributed by atoms with E-state index in [1.807, 2.05) is 13.0 Å². The van der Waals surface area contributed by atoms with Crippen molar-refractivity contribution in [1.82, 2.24) is 14.9 Å². The first-order valence-corrected chi connectivity index (χ1v) is 7.45. The molecule has 0 radical (unpaired) electrons. The van der Waals surface area contributed by atoms with Gasteiger partial charge >= 0.3 is 5.97 Å². The van der Waals surface area contributed by atoms with Crippen molar-refractivity contribution < 1.29 is 14.7 Å². The van der Waals surface area contributed by atoms with Crippen molar-refractivity contribution in [1.29, 1.82) is 0 Å². The summed E-state index contributed by atoms with van der Waals surface area (Å²) in [5.74, 6) is -1.15. The highest BCUT2D eigenvalue weighted by Crippen LogP contribution is 2.22. The lowest BCUT2D eigenvalue weighted by atomic mass is 10.2. The Balaban J connectivity index is 1.87. The van der Waals surface area contributed by atoms with Gasteiger partial charge in [-0.3, -0.25) is 4.79 Å². The quantitative estimate of drug-likeness (QED) is 0.854. The third-order valence-corrected chi connectivity index (χ3v) is 4.45. The molecule has 0 bridgehead atoms. The van der Waals surface area contributed by atoms with Crippen LogP contribution < -0.4 is 5.32 Å². The summed E-state index contributed by atoms with van der Waals surface area (Å²) in [6.07, 6.45) is 3.82. The minimum absolute atomic E-state index is 0.00259. The number of imidazole rings is 1. The number of aromatic carboxylic acids is 1. The summed E-state index contributed by atoms with van der Waals surface area (Å²) >= 11 is 1.51. The second-order valence-electron chi connectivity index (χ2n) is 4.63. The molecule has 0 aliphatic heterocycles. The molecule has 0 aliphatic rings. The molecule has 0 saturated heterocycles. The average Bonchev–Trinajstić information content (AvgIpc) is 3.05. The molecule has 2 aromatic heterocycles. The lowest BCUT2D eigenvalue weighted by Gasteiger charge is -2.04. The van der Waals surface area contributed by atoms with E-state index in [4.69, 9.17) is 5.11 Å². The van der Waals surface area contributed by atoms with Gasteiger partial charge in [0.2, 0.25) is 0 Å². The van der Waals surface area contributed by atoms with E-state index in [0.29, 0.717) is 18.0 Å². The molecule has 7 heteroatoms. The van der Waals surface area contributed by atoms with Crippen LogP contribution in [0.2, 0.25) is 0 Å². The van der Waals surface area contributed by atoms with Crippen LogP contribution in [0.4, 0.5) is 0 Å². The summed E-state index contributed by atoms with van der Waals surface area (Å²) in [7, 11) is 0. The molecule has 0 saturated carbocycles. The maximum atomic E-state index is 12.0. The third-order valence-electron chi connectivity index (χ3n) is 3.07. The minimum Gasteiger partial charge on any atom is -0.476 e. The molecule has 0 spiro atoms. The number of nitrogens with zero attached hydrogens (tertiary/aromatic N) is 2. The lowest BCUT2D eigenvalue weighted by molar-refractivity contribution is 0.0690. The fraction of sp³-hybridized carbons (Fsp3) is 0.357. The van der Waals surface area contributed by atoms with Crippen molar-refractivity contribution in [3.63, 3.8) is 0 Å². The fourth-order valence-corrected chi connectivity index (χ4v) is 2.99. The van der Waals surface area contributed by atoms with Crippen LogP contribution in [0.3, 0.4) is 0 Å². The smallest absolute Gasteiger partial charge is 0.356 e. The van der Waals surface area contributed by atoms with Crippen molar-refractivity contribution in [3.05, 3.63) is 39.6 Å². The zero-order valence-electron chi connectivity index (χ0n) is 11.9. The van der Waals surface area contributed by atoms with E-state index in [-0.39, 0.29) is 11.6 Å². The molecule has 2 aromatic rings. The SMILES string of the molecule is CCc1sc(C(=O)NCCn2cnc(C(=O)O)c2)cc1C. The predicted octanol–water partition coefficient (Wildman–Crippen LogP) is 1.94. The summed E-state index contributed by atoms with van der Waals surface area (Å²) in [6.45, 7) is 4.98. The van der Waals surface area contributed by atoms with Gasteiger partial charge in [0.1, 0.15) is 0 Å². The molecule has 2 rings (SSSR count). The van der Waals surface area contributed by atoms with Gasteiger partial charge in [-0.15, -0.1) is 11.3 Å². The second kappa shape index (κ2) is 6.53. The number of thiophene rings is 1. The summed E-state index contributed by atoms with van der Waals surface area (Å²) in [4.78, 5) is 28.4. The number of aryl methyl sites for hydroxylation is 2. The molecule has 0 fully saturated rings. The van der Waals surface area contributed by atoms with E-state index in [1.165, 1.54) is 28.7 Å². The number of carbonyl (C=O) groups excluding carboxylic acids is 1. The average molecular weight is 307 g/mol. The van der Waals surface area contributed by atoms with Gasteiger partial charge in [0.15, 0.2) is 5.69 Å². The first-order valence-electron chi connectivity index (χ1n) is 6.63. The van der Waals surface area contributed by atoms with Crippen molar-refractivity contribution in [2.75, 3.05) is 6.54 Å². The number of nitrogens with one attached hydrogen (secondary N) is 1. The zero-order valence-corrected chi connectivity index (χ0v) is 12.7. The molecule has 2 heterocycles. The third kappa shape index (κ3) is 3.69. The summed E-state index contributed by atoms with van der Waals surface area (Å²) in [6, 6.07) is 1.90. The van der Waals surface area contributed by atoms with Gasteiger partial charge in [-0.05, 0) is 25.0 Å². The lowest BCUT2D eigenvalue weighted by Crippen LogP contribution is -2.26. The molecule has 6 nitrogen and oxygen atoms in total. The van der Waals surface area contributed by atoms with Crippen LogP contribution in [0.5, 0.6) is 0 Å². The minimum atomic E-state index is -1.06. The molecular weight excluding hydrogens is 290 g/mol. The van der Waals surface area contributed by atoms with Gasteiger partial charge in [-0.2, -0.15) is 0 Å². The van der Waals surface area contributed by atoms with Gasteiger partial charge in [-0.25, -0.2) is 9.78 Å². The predicted molar refractivity (Wildman–Crippen MR) is 80.0 cm³/mol. The highest BCUT2D eigenvalue weighted by atomic mass is 32.1. The Morgan fingerprint density at radius 3 is 2.81 bits per heavy atom. The maximum absolute atomic E-state index is 12.0. The van der Waals surface area contributed by atoms with Gasteiger partial charge in [0.25, 0.3) is 5.91 Å². The monoisotopic (exact) mass is 307 g/mol. The van der Waals surface area contributed by atoms with Crippen molar-refractivity contribution >= 4 is 23.2 Å². The first kappa shape index (κ1) is 15.2. The van der Waals surface area contributed by atoms with Crippen LogP contribution in [0.15, 0.2) is 18.6 Å². The number of carboxylic acids is 1. The molecular formula is C14H17N3O3S. The van der Waals surface area contributed by atoms with E-state index in [9.17, 15) is 9.59 Å². The van der Waals surface area contributed by atoms with E-state index < -0.39 is 5.97 Å². The number of hydrogen-bond donors (Lipinski definition) is 2. The largest absolute Gasteiger partial charge is 0.476 e. The van der Waals surface area contributed by atoms with Crippen molar-refractivity contribution in [3.8, 4) is 0 Å². The van der Waals surface area contributed by atoms with Crippen LogP contribution >= 0.6 is 11.3 Å². The van der Waals surface area contributed by atoms with Crippen LogP contribution in [-0.2, 0) is 13.0 Å². The Kier molecular flexibility index (Phi) is 4.74. The molecule has 112 valence electrons. The summed E-state index contributed by atoms with van der Waals surface area (Å²) < 4.78 is 1.64. The molecule has 0 aliphatic carbocycles. The van der Waals surface area contributed by atoms with E-state index in [1.54, 1.807) is 4.57 Å². The summed E-state index contributed by atoms with van der Waals surface area (Å²) in [5, 5.41) is 11.6. The van der Waals surface area contributed by atoms with Crippen LogP contribution in [-0.4, -0.2) is 33.1 Å². The topological polar surface area (TPSA) is 84.2 Å². The Hall–Kier alpha value is -2.15. The van der Waals surface area contributed by atoms with Crippen molar-refractivity contribution in [2.24, 2.45) is 0 Å².